The van der Waals surface area contributed by atoms with Crippen LogP contribution in [0.2, 0.25) is 0 Å². The van der Waals surface area contributed by atoms with Crippen molar-refractivity contribution in [2.45, 2.75) is 180 Å². The average molecular weight is 639 g/mol. The summed E-state index contributed by atoms with van der Waals surface area (Å²) in [6.07, 6.45) is 23.1. The molecule has 0 bridgehead atoms. The fourth-order valence-corrected chi connectivity index (χ4v) is 6.05. The third kappa shape index (κ3) is 21.6. The molecule has 5 atom stereocenters. The maximum absolute atomic E-state index is 12.4. The number of carbonyl (C=O) groups is 3. The van der Waals surface area contributed by atoms with Gasteiger partial charge in [0, 0.05) is 25.2 Å². The fourth-order valence-electron chi connectivity index (χ4n) is 6.05. The lowest BCUT2D eigenvalue weighted by atomic mass is 9.88. The molecule has 45 heavy (non-hydrogen) atoms. The lowest BCUT2D eigenvalue weighted by Crippen LogP contribution is -2.25. The van der Waals surface area contributed by atoms with E-state index in [1.165, 1.54) is 51.4 Å². The first-order valence-corrected chi connectivity index (χ1v) is 18.3. The van der Waals surface area contributed by atoms with Crippen LogP contribution in [0.15, 0.2) is 12.2 Å². The molecule has 0 amide bonds. The largest absolute Gasteiger partial charge is 0.463 e. The van der Waals surface area contributed by atoms with Gasteiger partial charge in [0.1, 0.15) is 25.1 Å². The highest BCUT2D eigenvalue weighted by Gasteiger charge is 2.39. The Labute approximate surface area is 273 Å². The van der Waals surface area contributed by atoms with Crippen molar-refractivity contribution in [2.24, 2.45) is 11.8 Å². The normalized spacial score (nSPS) is 19.7. The third-order valence-corrected chi connectivity index (χ3v) is 8.91. The van der Waals surface area contributed by atoms with E-state index in [-0.39, 0.29) is 55.6 Å². The van der Waals surface area contributed by atoms with E-state index >= 15 is 0 Å². The van der Waals surface area contributed by atoms with Gasteiger partial charge >= 0.3 is 11.9 Å². The van der Waals surface area contributed by atoms with E-state index in [1.807, 2.05) is 0 Å². The van der Waals surface area contributed by atoms with Crippen molar-refractivity contribution < 1.29 is 39.2 Å². The number of rotatable bonds is 29. The molecule has 0 unspecified atom stereocenters. The van der Waals surface area contributed by atoms with Gasteiger partial charge < -0.3 is 24.8 Å². The number of aliphatic hydroxyl groups excluding tert-OH is 3. The molecule has 1 aliphatic carbocycles. The third-order valence-electron chi connectivity index (χ3n) is 8.91. The molecule has 1 saturated carbocycles. The molecular formula is C37H66O8. The SMILES string of the molecule is CCCCCCCCCCCCCC(=O)OC[C@H](O)COC(=O)CCCCCC[C@H]1[C@@H](O)CC(=O)[C@@H]1/C=C/[C@@H](O)CCCCC. The average Bonchev–Trinajstić information content (AvgIpc) is 3.29. The first-order valence-electron chi connectivity index (χ1n) is 18.3. The number of Topliss-reactive ketones (excluding diaryl/α,β-unsaturated/α-hetero) is 1. The Bertz CT molecular complexity index is 797. The summed E-state index contributed by atoms with van der Waals surface area (Å²) in [6, 6.07) is 0. The Balaban J connectivity index is 2.06. The molecule has 0 aromatic rings. The zero-order chi connectivity index (χ0) is 33.1. The lowest BCUT2D eigenvalue weighted by molar-refractivity contribution is -0.152. The van der Waals surface area contributed by atoms with Crippen molar-refractivity contribution in [3.05, 3.63) is 12.2 Å². The van der Waals surface area contributed by atoms with E-state index in [1.54, 1.807) is 12.2 Å². The second-order valence-corrected chi connectivity index (χ2v) is 13.1. The van der Waals surface area contributed by atoms with E-state index in [4.69, 9.17) is 9.47 Å². The Kier molecular flexibility index (Phi) is 25.1. The van der Waals surface area contributed by atoms with E-state index in [0.29, 0.717) is 19.3 Å². The maximum Gasteiger partial charge on any atom is 0.305 e. The van der Waals surface area contributed by atoms with E-state index in [0.717, 1.165) is 64.2 Å². The van der Waals surface area contributed by atoms with Crippen molar-refractivity contribution in [1.29, 1.82) is 0 Å². The van der Waals surface area contributed by atoms with Crippen LogP contribution < -0.4 is 0 Å². The summed E-state index contributed by atoms with van der Waals surface area (Å²) in [7, 11) is 0. The predicted octanol–water partition coefficient (Wildman–Crippen LogP) is 7.54. The van der Waals surface area contributed by atoms with Crippen molar-refractivity contribution in [2.75, 3.05) is 13.2 Å². The maximum atomic E-state index is 12.4. The summed E-state index contributed by atoms with van der Waals surface area (Å²) < 4.78 is 10.3. The molecule has 8 heteroatoms. The Morgan fingerprint density at radius 3 is 1.73 bits per heavy atom. The monoisotopic (exact) mass is 638 g/mol. The number of esters is 2. The molecule has 0 aromatic heterocycles. The van der Waals surface area contributed by atoms with Crippen LogP contribution in [0.1, 0.15) is 162 Å². The molecule has 0 spiro atoms. The van der Waals surface area contributed by atoms with Crippen LogP contribution in [-0.4, -0.2) is 64.6 Å². The van der Waals surface area contributed by atoms with Gasteiger partial charge in [0.15, 0.2) is 0 Å². The summed E-state index contributed by atoms with van der Waals surface area (Å²) in [4.78, 5) is 36.4. The quantitative estimate of drug-likeness (QED) is 0.0435. The van der Waals surface area contributed by atoms with Crippen molar-refractivity contribution >= 4 is 17.7 Å². The van der Waals surface area contributed by atoms with Gasteiger partial charge in [-0.25, -0.2) is 0 Å². The lowest BCUT2D eigenvalue weighted by Gasteiger charge is -2.19. The highest BCUT2D eigenvalue weighted by molar-refractivity contribution is 5.86. The van der Waals surface area contributed by atoms with Crippen LogP contribution in [-0.2, 0) is 23.9 Å². The number of ether oxygens (including phenoxy) is 2. The minimum atomic E-state index is -1.03. The minimum absolute atomic E-state index is 0.0357. The highest BCUT2D eigenvalue weighted by atomic mass is 16.6. The van der Waals surface area contributed by atoms with Crippen LogP contribution in [0.3, 0.4) is 0 Å². The van der Waals surface area contributed by atoms with E-state index in [9.17, 15) is 29.7 Å². The van der Waals surface area contributed by atoms with Gasteiger partial charge in [-0.3, -0.25) is 14.4 Å². The molecule has 1 rings (SSSR count). The molecule has 1 fully saturated rings. The van der Waals surface area contributed by atoms with Crippen LogP contribution in [0.25, 0.3) is 0 Å². The van der Waals surface area contributed by atoms with Crippen LogP contribution in [0, 0.1) is 11.8 Å². The molecule has 1 aliphatic rings. The van der Waals surface area contributed by atoms with Crippen LogP contribution in [0.5, 0.6) is 0 Å². The molecule has 3 N–H and O–H groups in total. The van der Waals surface area contributed by atoms with E-state index < -0.39 is 18.3 Å². The Morgan fingerprint density at radius 2 is 1.20 bits per heavy atom. The first kappa shape index (κ1) is 41.3. The molecule has 0 aromatic carbocycles. The summed E-state index contributed by atoms with van der Waals surface area (Å²) in [5.74, 6) is -1.15. The highest BCUT2D eigenvalue weighted by Crippen LogP contribution is 2.34. The van der Waals surface area contributed by atoms with Gasteiger partial charge in [0.25, 0.3) is 0 Å². The molecule has 0 saturated heterocycles. The number of unbranched alkanes of at least 4 members (excludes halogenated alkanes) is 15. The van der Waals surface area contributed by atoms with Crippen LogP contribution >= 0.6 is 0 Å². The molecule has 0 aliphatic heterocycles. The molecule has 0 radical (unpaired) electrons. The number of aliphatic hydroxyl groups is 3. The summed E-state index contributed by atoms with van der Waals surface area (Å²) in [6.45, 7) is 3.98. The molecule has 8 nitrogen and oxygen atoms in total. The number of ketones is 1. The van der Waals surface area contributed by atoms with Gasteiger partial charge in [-0.15, -0.1) is 0 Å². The second kappa shape index (κ2) is 27.4. The molecular weight excluding hydrogens is 572 g/mol. The summed E-state index contributed by atoms with van der Waals surface area (Å²) in [5.41, 5.74) is 0. The first-order chi connectivity index (χ1) is 21.8. The Morgan fingerprint density at radius 1 is 0.733 bits per heavy atom. The van der Waals surface area contributed by atoms with Crippen molar-refractivity contribution in [3.63, 3.8) is 0 Å². The van der Waals surface area contributed by atoms with Crippen molar-refractivity contribution in [3.8, 4) is 0 Å². The van der Waals surface area contributed by atoms with Gasteiger partial charge in [0.2, 0.25) is 0 Å². The van der Waals surface area contributed by atoms with Gasteiger partial charge in [-0.1, -0.05) is 129 Å². The molecule has 0 heterocycles. The number of allylic oxidation sites excluding steroid dienone is 1. The van der Waals surface area contributed by atoms with Gasteiger partial charge in [0.05, 0.1) is 12.2 Å². The van der Waals surface area contributed by atoms with Gasteiger partial charge in [-0.05, 0) is 31.6 Å². The summed E-state index contributed by atoms with van der Waals surface area (Å²) >= 11 is 0. The van der Waals surface area contributed by atoms with Crippen molar-refractivity contribution in [1.82, 2.24) is 0 Å². The minimum Gasteiger partial charge on any atom is -0.463 e. The topological polar surface area (TPSA) is 130 Å². The number of hydrogen-bond donors (Lipinski definition) is 3. The zero-order valence-electron chi connectivity index (χ0n) is 28.6. The predicted molar refractivity (Wildman–Crippen MR) is 179 cm³/mol. The zero-order valence-corrected chi connectivity index (χ0v) is 28.6. The molecule has 262 valence electrons. The standard InChI is InChI=1S/C37H66O8/c1-3-5-7-8-9-10-11-12-13-14-19-23-36(42)44-28-31(39)29-45-37(43)24-20-16-15-18-22-32-33(35(41)27-34(32)40)26-25-30(38)21-17-6-4-2/h25-26,30-34,38-40H,3-24,27-29H2,1-2H3/b26-25+/t30-,31-,32+,33+,34-/m0/s1. The Hall–Kier alpha value is -1.77. The van der Waals surface area contributed by atoms with Gasteiger partial charge in [-0.2, -0.15) is 0 Å². The fraction of sp³-hybridized carbons (Fsp3) is 0.865. The number of carbonyl (C=O) groups excluding carboxylic acids is 3. The van der Waals surface area contributed by atoms with E-state index in [2.05, 4.69) is 13.8 Å². The second-order valence-electron chi connectivity index (χ2n) is 13.1. The number of hydrogen-bond acceptors (Lipinski definition) is 8. The van der Waals surface area contributed by atoms with Crippen LogP contribution in [0.4, 0.5) is 0 Å². The smallest absolute Gasteiger partial charge is 0.305 e. The summed E-state index contributed by atoms with van der Waals surface area (Å²) in [5, 5.41) is 30.6.